The van der Waals surface area contributed by atoms with E-state index < -0.39 is 13.0 Å². The first-order valence-electron chi connectivity index (χ1n) is 4.77. The number of ether oxygens (including phenoxy) is 3. The van der Waals surface area contributed by atoms with Crippen LogP contribution in [0.15, 0.2) is 12.1 Å². The Hall–Kier alpha value is -1.50. The fourth-order valence-corrected chi connectivity index (χ4v) is 1.08. The first kappa shape index (κ1) is 13.6. The lowest BCUT2D eigenvalue weighted by atomic mass is 10.3. The zero-order valence-electron chi connectivity index (χ0n) is 9.37. The predicted molar refractivity (Wildman–Crippen MR) is 53.0 cm³/mol. The summed E-state index contributed by atoms with van der Waals surface area (Å²) in [5.74, 6) is 0.567. The average molecular weight is 251 g/mol. The van der Waals surface area contributed by atoms with Crippen LogP contribution >= 0.6 is 0 Å². The van der Waals surface area contributed by atoms with Crippen LogP contribution in [0.25, 0.3) is 0 Å². The Labute approximate surface area is 96.3 Å². The van der Waals surface area contributed by atoms with Gasteiger partial charge in [-0.05, 0) is 13.0 Å². The standard InChI is InChI=1S/C10H12F3NO3/c1-7-3-4-8(14-9(7)15-2)16-5-6-17-10(11,12)13/h3-4H,5-6H2,1-2H3. The summed E-state index contributed by atoms with van der Waals surface area (Å²) in [5, 5.41) is 0. The van der Waals surface area contributed by atoms with E-state index in [1.807, 2.05) is 0 Å². The maximum absolute atomic E-state index is 11.6. The van der Waals surface area contributed by atoms with E-state index in [0.29, 0.717) is 5.88 Å². The summed E-state index contributed by atoms with van der Waals surface area (Å²) in [5.41, 5.74) is 0.811. The maximum Gasteiger partial charge on any atom is 0.522 e. The van der Waals surface area contributed by atoms with E-state index in [9.17, 15) is 13.2 Å². The van der Waals surface area contributed by atoms with Gasteiger partial charge in [-0.3, -0.25) is 4.74 Å². The molecule has 0 bridgehead atoms. The minimum absolute atomic E-state index is 0.193. The highest BCUT2D eigenvalue weighted by Crippen LogP contribution is 2.19. The van der Waals surface area contributed by atoms with Crippen LogP contribution < -0.4 is 9.47 Å². The van der Waals surface area contributed by atoms with Gasteiger partial charge < -0.3 is 9.47 Å². The summed E-state index contributed by atoms with van der Waals surface area (Å²) < 4.78 is 48.4. The van der Waals surface area contributed by atoms with Crippen molar-refractivity contribution in [1.29, 1.82) is 0 Å². The lowest BCUT2D eigenvalue weighted by Gasteiger charge is -2.09. The molecule has 0 radical (unpaired) electrons. The van der Waals surface area contributed by atoms with Gasteiger partial charge in [-0.1, -0.05) is 0 Å². The molecule has 0 aromatic carbocycles. The van der Waals surface area contributed by atoms with Gasteiger partial charge in [0, 0.05) is 11.6 Å². The minimum atomic E-state index is -4.64. The normalized spacial score (nSPS) is 11.4. The first-order chi connectivity index (χ1) is 7.92. The van der Waals surface area contributed by atoms with Crippen molar-refractivity contribution in [3.05, 3.63) is 17.7 Å². The van der Waals surface area contributed by atoms with E-state index in [4.69, 9.17) is 9.47 Å². The van der Waals surface area contributed by atoms with Crippen LogP contribution in [0.4, 0.5) is 13.2 Å². The Kier molecular flexibility index (Phi) is 4.56. The molecule has 1 heterocycles. The molecular weight excluding hydrogens is 239 g/mol. The summed E-state index contributed by atoms with van der Waals surface area (Å²) in [6.07, 6.45) is -4.64. The zero-order chi connectivity index (χ0) is 12.9. The van der Waals surface area contributed by atoms with Crippen LogP contribution in [0.3, 0.4) is 0 Å². The molecule has 0 N–H and O–H groups in total. The number of nitrogens with zero attached hydrogens (tertiary/aromatic N) is 1. The third-order valence-corrected chi connectivity index (χ3v) is 1.82. The highest BCUT2D eigenvalue weighted by atomic mass is 19.4. The Bertz CT molecular complexity index is 368. The first-order valence-corrected chi connectivity index (χ1v) is 4.77. The number of alkyl halides is 3. The average Bonchev–Trinajstić information content (AvgIpc) is 2.25. The van der Waals surface area contributed by atoms with Crippen LogP contribution in [-0.2, 0) is 4.74 Å². The molecule has 17 heavy (non-hydrogen) atoms. The molecule has 0 amide bonds. The number of rotatable bonds is 5. The van der Waals surface area contributed by atoms with E-state index >= 15 is 0 Å². The molecule has 0 aliphatic rings. The van der Waals surface area contributed by atoms with Crippen molar-refractivity contribution in [2.75, 3.05) is 20.3 Å². The summed E-state index contributed by atoms with van der Waals surface area (Å²) in [7, 11) is 1.45. The second-order valence-electron chi connectivity index (χ2n) is 3.12. The van der Waals surface area contributed by atoms with Crippen molar-refractivity contribution in [1.82, 2.24) is 4.98 Å². The van der Waals surface area contributed by atoms with Gasteiger partial charge in [-0.25, -0.2) is 0 Å². The molecule has 1 aromatic heterocycles. The van der Waals surface area contributed by atoms with Crippen LogP contribution in [0.2, 0.25) is 0 Å². The number of pyridine rings is 1. The molecule has 96 valence electrons. The highest BCUT2D eigenvalue weighted by molar-refractivity contribution is 5.29. The third kappa shape index (κ3) is 4.90. The lowest BCUT2D eigenvalue weighted by molar-refractivity contribution is -0.325. The van der Waals surface area contributed by atoms with E-state index in [0.717, 1.165) is 5.56 Å². The molecular formula is C10H12F3NO3. The van der Waals surface area contributed by atoms with E-state index in [1.54, 1.807) is 19.1 Å². The molecule has 7 heteroatoms. The van der Waals surface area contributed by atoms with Crippen LogP contribution in [-0.4, -0.2) is 31.7 Å². The molecule has 0 aliphatic heterocycles. The number of hydrogen-bond donors (Lipinski definition) is 0. The molecule has 0 fully saturated rings. The van der Waals surface area contributed by atoms with E-state index in [2.05, 4.69) is 9.72 Å². The SMILES string of the molecule is COc1nc(OCCOC(F)(F)F)ccc1C. The van der Waals surface area contributed by atoms with Crippen molar-refractivity contribution >= 4 is 0 Å². The van der Waals surface area contributed by atoms with Crippen molar-refractivity contribution in [3.63, 3.8) is 0 Å². The zero-order valence-corrected chi connectivity index (χ0v) is 9.37. The van der Waals surface area contributed by atoms with Gasteiger partial charge >= 0.3 is 6.36 Å². The molecule has 0 saturated carbocycles. The smallest absolute Gasteiger partial charge is 0.481 e. The lowest BCUT2D eigenvalue weighted by Crippen LogP contribution is -2.18. The van der Waals surface area contributed by atoms with E-state index in [-0.39, 0.29) is 12.5 Å². The van der Waals surface area contributed by atoms with Crippen molar-refractivity contribution in [2.24, 2.45) is 0 Å². The minimum Gasteiger partial charge on any atom is -0.481 e. The Balaban J connectivity index is 2.42. The van der Waals surface area contributed by atoms with Crippen molar-refractivity contribution in [3.8, 4) is 11.8 Å². The topological polar surface area (TPSA) is 40.6 Å². The number of methoxy groups -OCH3 is 1. The van der Waals surface area contributed by atoms with Gasteiger partial charge in [0.1, 0.15) is 6.61 Å². The number of hydrogen-bond acceptors (Lipinski definition) is 4. The van der Waals surface area contributed by atoms with Gasteiger partial charge in [0.05, 0.1) is 13.7 Å². The van der Waals surface area contributed by atoms with Crippen LogP contribution in [0.1, 0.15) is 5.56 Å². The molecule has 0 unspecified atom stereocenters. The van der Waals surface area contributed by atoms with Gasteiger partial charge in [0.2, 0.25) is 11.8 Å². The second-order valence-corrected chi connectivity index (χ2v) is 3.12. The predicted octanol–water partition coefficient (Wildman–Crippen LogP) is 2.31. The maximum atomic E-state index is 11.6. The fraction of sp³-hybridized carbons (Fsp3) is 0.500. The highest BCUT2D eigenvalue weighted by Gasteiger charge is 2.28. The summed E-state index contributed by atoms with van der Waals surface area (Å²) in [6.45, 7) is 0.975. The van der Waals surface area contributed by atoms with Crippen LogP contribution in [0.5, 0.6) is 11.8 Å². The van der Waals surface area contributed by atoms with Crippen molar-refractivity contribution in [2.45, 2.75) is 13.3 Å². The Morgan fingerprint density at radius 3 is 2.53 bits per heavy atom. The molecule has 1 rings (SSSR count). The van der Waals surface area contributed by atoms with Gasteiger partial charge in [-0.2, -0.15) is 4.98 Å². The second kappa shape index (κ2) is 5.72. The molecule has 0 atom stereocenters. The number of aryl methyl sites for hydroxylation is 1. The van der Waals surface area contributed by atoms with Gasteiger partial charge in [-0.15, -0.1) is 13.2 Å². The number of halogens is 3. The van der Waals surface area contributed by atoms with E-state index in [1.165, 1.54) is 7.11 Å². The molecule has 0 saturated heterocycles. The Morgan fingerprint density at radius 2 is 1.94 bits per heavy atom. The number of aromatic nitrogens is 1. The molecule has 1 aromatic rings. The Morgan fingerprint density at radius 1 is 1.24 bits per heavy atom. The third-order valence-electron chi connectivity index (χ3n) is 1.82. The molecule has 0 spiro atoms. The summed E-state index contributed by atoms with van der Waals surface area (Å²) in [6, 6.07) is 3.25. The monoisotopic (exact) mass is 251 g/mol. The summed E-state index contributed by atoms with van der Waals surface area (Å²) >= 11 is 0. The summed E-state index contributed by atoms with van der Waals surface area (Å²) in [4.78, 5) is 3.94. The quantitative estimate of drug-likeness (QED) is 0.753. The van der Waals surface area contributed by atoms with Gasteiger partial charge in [0.25, 0.3) is 0 Å². The largest absolute Gasteiger partial charge is 0.522 e. The van der Waals surface area contributed by atoms with Crippen molar-refractivity contribution < 1.29 is 27.4 Å². The molecule has 0 aliphatic carbocycles. The molecule has 4 nitrogen and oxygen atoms in total. The fourth-order valence-electron chi connectivity index (χ4n) is 1.08. The van der Waals surface area contributed by atoms with Crippen LogP contribution in [0, 0.1) is 6.92 Å². The van der Waals surface area contributed by atoms with Gasteiger partial charge in [0.15, 0.2) is 0 Å².